The Morgan fingerprint density at radius 3 is 3.00 bits per heavy atom. The summed E-state index contributed by atoms with van der Waals surface area (Å²) < 4.78 is 11.0. The number of rotatable bonds is 4. The van der Waals surface area contributed by atoms with Crippen LogP contribution >= 0.6 is 0 Å². The maximum Gasteiger partial charge on any atom is 0.225 e. The van der Waals surface area contributed by atoms with E-state index in [1.54, 1.807) is 7.11 Å². The average Bonchev–Trinajstić information content (AvgIpc) is 3.26. The van der Waals surface area contributed by atoms with Crippen LogP contribution in [-0.4, -0.2) is 54.8 Å². The molecule has 7 heteroatoms. The third-order valence-corrected chi connectivity index (χ3v) is 5.02. The highest BCUT2D eigenvalue weighted by molar-refractivity contribution is 5.80. The Bertz CT molecular complexity index is 592. The van der Waals surface area contributed by atoms with E-state index in [1.165, 1.54) is 6.33 Å². The first-order valence-corrected chi connectivity index (χ1v) is 8.27. The van der Waals surface area contributed by atoms with E-state index in [2.05, 4.69) is 20.2 Å². The molecule has 4 rings (SSSR count). The van der Waals surface area contributed by atoms with Gasteiger partial charge in [-0.25, -0.2) is 9.97 Å². The van der Waals surface area contributed by atoms with Gasteiger partial charge in [0.2, 0.25) is 11.8 Å². The number of piperidine rings is 1. The van der Waals surface area contributed by atoms with E-state index in [1.807, 2.05) is 6.07 Å². The molecule has 23 heavy (non-hydrogen) atoms. The maximum atomic E-state index is 12.6. The van der Waals surface area contributed by atoms with Gasteiger partial charge in [0, 0.05) is 37.7 Å². The minimum Gasteiger partial charge on any atom is -0.481 e. The molecule has 1 aromatic heterocycles. The lowest BCUT2D eigenvalue weighted by Crippen LogP contribution is -2.53. The molecule has 0 bridgehead atoms. The van der Waals surface area contributed by atoms with Crippen molar-refractivity contribution in [1.82, 2.24) is 15.3 Å². The van der Waals surface area contributed by atoms with Crippen LogP contribution in [0.4, 0.5) is 5.82 Å². The SMILES string of the molecule is COc1cc(N2C[C@@H]3OCC[C@@H]3[C@H](C(=O)NC3CC3)C2)ncn1. The fraction of sp³-hybridized carbons (Fsp3) is 0.688. The van der Waals surface area contributed by atoms with E-state index < -0.39 is 0 Å². The minimum absolute atomic E-state index is 0.0437. The fourth-order valence-corrected chi connectivity index (χ4v) is 3.59. The average molecular weight is 318 g/mol. The highest BCUT2D eigenvalue weighted by atomic mass is 16.5. The van der Waals surface area contributed by atoms with Crippen LogP contribution in [0.25, 0.3) is 0 Å². The van der Waals surface area contributed by atoms with Crippen molar-refractivity contribution in [3.05, 3.63) is 12.4 Å². The maximum absolute atomic E-state index is 12.6. The van der Waals surface area contributed by atoms with E-state index in [-0.39, 0.29) is 17.9 Å². The molecule has 1 saturated carbocycles. The minimum atomic E-state index is -0.0437. The van der Waals surface area contributed by atoms with Crippen LogP contribution in [0.2, 0.25) is 0 Å². The number of fused-ring (bicyclic) bond motifs is 1. The predicted molar refractivity (Wildman–Crippen MR) is 83.3 cm³/mol. The van der Waals surface area contributed by atoms with Crippen LogP contribution < -0.4 is 15.0 Å². The molecule has 0 unspecified atom stereocenters. The summed E-state index contributed by atoms with van der Waals surface area (Å²) in [6.07, 6.45) is 4.77. The Morgan fingerprint density at radius 1 is 1.35 bits per heavy atom. The molecule has 2 saturated heterocycles. The van der Waals surface area contributed by atoms with Crippen molar-refractivity contribution in [3.8, 4) is 5.88 Å². The number of hydrogen-bond acceptors (Lipinski definition) is 6. The molecule has 3 fully saturated rings. The normalized spacial score (nSPS) is 30.0. The molecule has 0 radical (unpaired) electrons. The van der Waals surface area contributed by atoms with Gasteiger partial charge in [-0.15, -0.1) is 0 Å². The smallest absolute Gasteiger partial charge is 0.225 e. The first-order chi connectivity index (χ1) is 11.2. The van der Waals surface area contributed by atoms with Crippen molar-refractivity contribution >= 4 is 11.7 Å². The molecule has 1 amide bonds. The van der Waals surface area contributed by atoms with Crippen LogP contribution in [0.15, 0.2) is 12.4 Å². The molecule has 7 nitrogen and oxygen atoms in total. The Hall–Kier alpha value is -1.89. The van der Waals surface area contributed by atoms with Crippen molar-refractivity contribution in [3.63, 3.8) is 0 Å². The molecule has 3 heterocycles. The van der Waals surface area contributed by atoms with Gasteiger partial charge in [-0.1, -0.05) is 0 Å². The van der Waals surface area contributed by atoms with Gasteiger partial charge in [0.1, 0.15) is 12.1 Å². The Kier molecular flexibility index (Phi) is 3.80. The number of aromatic nitrogens is 2. The fourth-order valence-electron chi connectivity index (χ4n) is 3.59. The highest BCUT2D eigenvalue weighted by Gasteiger charge is 2.45. The third kappa shape index (κ3) is 2.97. The second-order valence-electron chi connectivity index (χ2n) is 6.57. The van der Waals surface area contributed by atoms with Gasteiger partial charge in [0.05, 0.1) is 19.1 Å². The predicted octanol–water partition coefficient (Wildman–Crippen LogP) is 0.605. The number of ether oxygens (including phenoxy) is 2. The first kappa shape index (κ1) is 14.7. The molecule has 1 aromatic rings. The van der Waals surface area contributed by atoms with Crippen molar-refractivity contribution < 1.29 is 14.3 Å². The zero-order valence-electron chi connectivity index (χ0n) is 13.3. The van der Waals surface area contributed by atoms with Crippen molar-refractivity contribution in [2.45, 2.75) is 31.4 Å². The Balaban J connectivity index is 1.55. The Labute approximate surface area is 135 Å². The van der Waals surface area contributed by atoms with E-state index in [0.29, 0.717) is 24.4 Å². The van der Waals surface area contributed by atoms with Gasteiger partial charge >= 0.3 is 0 Å². The number of carbonyl (C=O) groups excluding carboxylic acids is 1. The number of nitrogens with zero attached hydrogens (tertiary/aromatic N) is 3. The topological polar surface area (TPSA) is 76.6 Å². The first-order valence-electron chi connectivity index (χ1n) is 8.27. The van der Waals surface area contributed by atoms with E-state index in [0.717, 1.165) is 38.2 Å². The molecule has 3 atom stereocenters. The van der Waals surface area contributed by atoms with Gasteiger partial charge in [0.25, 0.3) is 0 Å². The molecule has 1 N–H and O–H groups in total. The van der Waals surface area contributed by atoms with Crippen molar-refractivity contribution in [2.24, 2.45) is 11.8 Å². The van der Waals surface area contributed by atoms with E-state index >= 15 is 0 Å². The summed E-state index contributed by atoms with van der Waals surface area (Å²) in [7, 11) is 1.59. The summed E-state index contributed by atoms with van der Waals surface area (Å²) in [4.78, 5) is 23.1. The number of hydrogen-bond donors (Lipinski definition) is 1. The highest BCUT2D eigenvalue weighted by Crippen LogP contribution is 2.36. The number of carbonyl (C=O) groups is 1. The lowest BCUT2D eigenvalue weighted by Gasteiger charge is -2.39. The quantitative estimate of drug-likeness (QED) is 0.876. The second-order valence-corrected chi connectivity index (χ2v) is 6.57. The standard InChI is InChI=1S/C16H22N4O3/c1-22-15-6-14(17-9-18-15)20-7-12(16(21)19-10-2-3-10)11-4-5-23-13(11)8-20/h6,9-13H,2-5,7-8H2,1H3,(H,19,21)/t11-,12-,13+/m1/s1. The molecule has 2 aliphatic heterocycles. The lowest BCUT2D eigenvalue weighted by atomic mass is 9.82. The zero-order chi connectivity index (χ0) is 15.8. The molecule has 0 aromatic carbocycles. The van der Waals surface area contributed by atoms with Crippen LogP contribution in [0.1, 0.15) is 19.3 Å². The van der Waals surface area contributed by atoms with Crippen molar-refractivity contribution in [1.29, 1.82) is 0 Å². The molecule has 124 valence electrons. The summed E-state index contributed by atoms with van der Waals surface area (Å²) in [6.45, 7) is 2.17. The number of amides is 1. The molecular weight excluding hydrogens is 296 g/mol. The molecule has 0 spiro atoms. The number of anilines is 1. The largest absolute Gasteiger partial charge is 0.481 e. The molecular formula is C16H22N4O3. The summed E-state index contributed by atoms with van der Waals surface area (Å²) in [5, 5.41) is 3.15. The van der Waals surface area contributed by atoms with Crippen LogP contribution in [0.3, 0.4) is 0 Å². The Morgan fingerprint density at radius 2 is 2.22 bits per heavy atom. The lowest BCUT2D eigenvalue weighted by molar-refractivity contribution is -0.128. The van der Waals surface area contributed by atoms with Crippen LogP contribution in [0.5, 0.6) is 5.88 Å². The van der Waals surface area contributed by atoms with Gasteiger partial charge < -0.3 is 19.7 Å². The van der Waals surface area contributed by atoms with Crippen LogP contribution in [-0.2, 0) is 9.53 Å². The van der Waals surface area contributed by atoms with E-state index in [9.17, 15) is 4.79 Å². The van der Waals surface area contributed by atoms with Crippen LogP contribution in [0, 0.1) is 11.8 Å². The number of methoxy groups -OCH3 is 1. The summed E-state index contributed by atoms with van der Waals surface area (Å²) in [6, 6.07) is 2.20. The third-order valence-electron chi connectivity index (χ3n) is 5.02. The molecule has 3 aliphatic rings. The van der Waals surface area contributed by atoms with Gasteiger partial charge in [0.15, 0.2) is 0 Å². The second kappa shape index (κ2) is 5.96. The zero-order valence-corrected chi connectivity index (χ0v) is 13.3. The number of nitrogens with one attached hydrogen (secondary N) is 1. The van der Waals surface area contributed by atoms with Gasteiger partial charge in [-0.2, -0.15) is 0 Å². The van der Waals surface area contributed by atoms with Gasteiger partial charge in [-0.05, 0) is 19.3 Å². The summed E-state index contributed by atoms with van der Waals surface area (Å²) >= 11 is 0. The van der Waals surface area contributed by atoms with E-state index in [4.69, 9.17) is 9.47 Å². The van der Waals surface area contributed by atoms with Crippen molar-refractivity contribution in [2.75, 3.05) is 31.7 Å². The van der Waals surface area contributed by atoms with Gasteiger partial charge in [-0.3, -0.25) is 4.79 Å². The summed E-state index contributed by atoms with van der Waals surface area (Å²) in [5.74, 6) is 1.75. The molecule has 1 aliphatic carbocycles. The summed E-state index contributed by atoms with van der Waals surface area (Å²) in [5.41, 5.74) is 0. The monoisotopic (exact) mass is 318 g/mol.